The molecule has 0 aliphatic carbocycles. The van der Waals surface area contributed by atoms with Gasteiger partial charge in [-0.15, -0.1) is 0 Å². The Labute approximate surface area is 105 Å². The summed E-state index contributed by atoms with van der Waals surface area (Å²) >= 11 is 0. The first-order valence-corrected chi connectivity index (χ1v) is 5.90. The summed E-state index contributed by atoms with van der Waals surface area (Å²) in [5.74, 6) is -0.550. The number of hydrogen-bond donors (Lipinski definition) is 3. The van der Waals surface area contributed by atoms with Gasteiger partial charge in [-0.3, -0.25) is 9.59 Å². The minimum Gasteiger partial charge on any atom is -0.459 e. The van der Waals surface area contributed by atoms with Gasteiger partial charge in [0.15, 0.2) is 5.76 Å². The van der Waals surface area contributed by atoms with Crippen molar-refractivity contribution in [2.24, 2.45) is 0 Å². The number of nitrogens with one attached hydrogen (secondary N) is 2. The molecule has 6 heteroatoms. The van der Waals surface area contributed by atoms with Crippen LogP contribution in [0.4, 0.5) is 0 Å². The maximum Gasteiger partial charge on any atom is 0.287 e. The largest absolute Gasteiger partial charge is 0.459 e. The van der Waals surface area contributed by atoms with Crippen LogP contribution in [-0.2, 0) is 4.79 Å². The van der Waals surface area contributed by atoms with Gasteiger partial charge in [0.25, 0.3) is 5.91 Å². The summed E-state index contributed by atoms with van der Waals surface area (Å²) in [5.41, 5.74) is 0. The number of carbonyl (C=O) groups excluding carboxylic acids is 2. The van der Waals surface area contributed by atoms with Gasteiger partial charge in [0, 0.05) is 6.54 Å². The lowest BCUT2D eigenvalue weighted by Crippen LogP contribution is -2.37. The second-order valence-electron chi connectivity index (χ2n) is 3.86. The molecule has 2 amide bonds. The normalized spacial score (nSPS) is 11.9. The number of carbonyl (C=O) groups is 2. The summed E-state index contributed by atoms with van der Waals surface area (Å²) in [6, 6.07) is 3.12. The van der Waals surface area contributed by atoms with Crippen molar-refractivity contribution in [3.63, 3.8) is 0 Å². The van der Waals surface area contributed by atoms with Crippen LogP contribution in [0, 0.1) is 0 Å². The van der Waals surface area contributed by atoms with Crippen LogP contribution >= 0.6 is 0 Å². The van der Waals surface area contributed by atoms with Crippen LogP contribution in [0.1, 0.15) is 30.3 Å². The van der Waals surface area contributed by atoms with E-state index in [4.69, 9.17) is 4.42 Å². The summed E-state index contributed by atoms with van der Waals surface area (Å²) < 4.78 is 4.88. The van der Waals surface area contributed by atoms with Gasteiger partial charge >= 0.3 is 0 Å². The molecule has 3 N–H and O–H groups in total. The average Bonchev–Trinajstić information content (AvgIpc) is 2.89. The molecule has 18 heavy (non-hydrogen) atoms. The van der Waals surface area contributed by atoms with Gasteiger partial charge in [-0.25, -0.2) is 0 Å². The topological polar surface area (TPSA) is 91.6 Å². The lowest BCUT2D eigenvalue weighted by Gasteiger charge is -2.09. The lowest BCUT2D eigenvalue weighted by atomic mass is 10.2. The average molecular weight is 254 g/mol. The van der Waals surface area contributed by atoms with Crippen LogP contribution in [0.3, 0.4) is 0 Å². The maximum atomic E-state index is 11.4. The van der Waals surface area contributed by atoms with Crippen molar-refractivity contribution in [3.05, 3.63) is 24.2 Å². The molecule has 0 saturated heterocycles. The van der Waals surface area contributed by atoms with Crippen LogP contribution in [0.15, 0.2) is 22.8 Å². The van der Waals surface area contributed by atoms with Crippen molar-refractivity contribution in [1.82, 2.24) is 10.6 Å². The molecule has 0 aliphatic heterocycles. The number of hydrogen-bond acceptors (Lipinski definition) is 4. The highest BCUT2D eigenvalue weighted by molar-refractivity contribution is 5.94. The van der Waals surface area contributed by atoms with Crippen molar-refractivity contribution >= 4 is 11.8 Å². The molecule has 100 valence electrons. The smallest absolute Gasteiger partial charge is 0.287 e. The fraction of sp³-hybridized carbons (Fsp3) is 0.500. The Balaban J connectivity index is 2.15. The van der Waals surface area contributed by atoms with E-state index in [2.05, 4.69) is 10.6 Å². The molecule has 0 radical (unpaired) electrons. The molecule has 6 nitrogen and oxygen atoms in total. The summed E-state index contributed by atoms with van der Waals surface area (Å²) in [5, 5.41) is 14.3. The van der Waals surface area contributed by atoms with E-state index in [1.54, 1.807) is 6.07 Å². The highest BCUT2D eigenvalue weighted by Gasteiger charge is 2.10. The number of furan rings is 1. The predicted molar refractivity (Wildman–Crippen MR) is 65.0 cm³/mol. The van der Waals surface area contributed by atoms with Gasteiger partial charge in [0.05, 0.1) is 18.9 Å². The van der Waals surface area contributed by atoms with Gasteiger partial charge < -0.3 is 20.2 Å². The van der Waals surface area contributed by atoms with Crippen molar-refractivity contribution in [3.8, 4) is 0 Å². The van der Waals surface area contributed by atoms with Crippen molar-refractivity contribution in [2.75, 3.05) is 13.1 Å². The number of aliphatic hydroxyl groups excluding tert-OH is 1. The zero-order chi connectivity index (χ0) is 13.4. The standard InChI is InChI=1S/C12H18N2O4/c1-2-9(15)5-6-13-11(16)8-14-12(17)10-4-3-7-18-10/h3-4,7,9,15H,2,5-6,8H2,1H3,(H,13,16)(H,14,17). The minimum atomic E-state index is -0.427. The Morgan fingerprint density at radius 2 is 2.22 bits per heavy atom. The van der Waals surface area contributed by atoms with E-state index in [1.807, 2.05) is 6.92 Å². The van der Waals surface area contributed by atoms with E-state index in [1.165, 1.54) is 12.3 Å². The van der Waals surface area contributed by atoms with Gasteiger partial charge in [0.1, 0.15) is 0 Å². The molecular weight excluding hydrogens is 236 g/mol. The molecule has 1 rings (SSSR count). The molecule has 1 aromatic heterocycles. The zero-order valence-electron chi connectivity index (χ0n) is 10.3. The second-order valence-corrected chi connectivity index (χ2v) is 3.86. The number of rotatable bonds is 7. The quantitative estimate of drug-likeness (QED) is 0.652. The third kappa shape index (κ3) is 5.01. The van der Waals surface area contributed by atoms with Crippen LogP contribution in [0.2, 0.25) is 0 Å². The fourth-order valence-electron chi connectivity index (χ4n) is 1.30. The maximum absolute atomic E-state index is 11.4. The van der Waals surface area contributed by atoms with Crippen LogP contribution in [0.5, 0.6) is 0 Å². The van der Waals surface area contributed by atoms with Crippen molar-refractivity contribution in [2.45, 2.75) is 25.9 Å². The third-order valence-corrected chi connectivity index (χ3v) is 2.43. The number of amides is 2. The Morgan fingerprint density at radius 1 is 1.44 bits per heavy atom. The SMILES string of the molecule is CCC(O)CCNC(=O)CNC(=O)c1ccco1. The minimum absolute atomic E-state index is 0.109. The summed E-state index contributed by atoms with van der Waals surface area (Å²) in [7, 11) is 0. The van der Waals surface area contributed by atoms with E-state index < -0.39 is 12.0 Å². The van der Waals surface area contributed by atoms with Gasteiger partial charge in [-0.1, -0.05) is 6.92 Å². The Morgan fingerprint density at radius 3 is 2.83 bits per heavy atom. The Bertz CT molecular complexity index is 375. The van der Waals surface area contributed by atoms with Gasteiger partial charge in [-0.2, -0.15) is 0 Å². The van der Waals surface area contributed by atoms with E-state index >= 15 is 0 Å². The number of aliphatic hydroxyl groups is 1. The fourth-order valence-corrected chi connectivity index (χ4v) is 1.30. The van der Waals surface area contributed by atoms with E-state index in [0.717, 1.165) is 0 Å². The molecule has 0 spiro atoms. The molecule has 1 atom stereocenters. The first-order valence-electron chi connectivity index (χ1n) is 5.90. The van der Waals surface area contributed by atoms with Crippen LogP contribution in [-0.4, -0.2) is 36.1 Å². The van der Waals surface area contributed by atoms with E-state index in [9.17, 15) is 14.7 Å². The van der Waals surface area contributed by atoms with Crippen LogP contribution in [0.25, 0.3) is 0 Å². The molecule has 1 heterocycles. The van der Waals surface area contributed by atoms with E-state index in [-0.39, 0.29) is 18.2 Å². The molecule has 0 saturated carbocycles. The van der Waals surface area contributed by atoms with Crippen molar-refractivity contribution < 1.29 is 19.1 Å². The highest BCUT2D eigenvalue weighted by atomic mass is 16.3. The molecule has 1 aromatic rings. The van der Waals surface area contributed by atoms with Crippen molar-refractivity contribution in [1.29, 1.82) is 0 Å². The lowest BCUT2D eigenvalue weighted by molar-refractivity contribution is -0.120. The first-order chi connectivity index (χ1) is 8.63. The molecule has 0 aromatic carbocycles. The molecule has 0 aliphatic rings. The Hall–Kier alpha value is -1.82. The third-order valence-electron chi connectivity index (χ3n) is 2.43. The van der Waals surface area contributed by atoms with Crippen LogP contribution < -0.4 is 10.6 Å². The highest BCUT2D eigenvalue weighted by Crippen LogP contribution is 1.98. The first kappa shape index (κ1) is 14.2. The summed E-state index contributed by atoms with van der Waals surface area (Å²) in [6.07, 6.45) is 2.16. The molecular formula is C12H18N2O4. The Kier molecular flexibility index (Phi) is 5.93. The predicted octanol–water partition coefficient (Wildman–Crippen LogP) is 0.287. The monoisotopic (exact) mass is 254 g/mol. The molecule has 0 fully saturated rings. The van der Waals surface area contributed by atoms with Gasteiger partial charge in [-0.05, 0) is 25.0 Å². The van der Waals surface area contributed by atoms with E-state index in [0.29, 0.717) is 19.4 Å². The second kappa shape index (κ2) is 7.50. The molecule has 1 unspecified atom stereocenters. The summed E-state index contributed by atoms with van der Waals surface area (Å²) in [6.45, 7) is 2.16. The zero-order valence-corrected chi connectivity index (χ0v) is 10.3. The van der Waals surface area contributed by atoms with Gasteiger partial charge in [0.2, 0.25) is 5.91 Å². The summed E-state index contributed by atoms with van der Waals surface area (Å²) in [4.78, 5) is 22.8. The molecule has 0 bridgehead atoms.